The first-order chi connectivity index (χ1) is 7.01. The van der Waals surface area contributed by atoms with Crippen LogP contribution in [0, 0.1) is 11.8 Å². The van der Waals surface area contributed by atoms with Crippen molar-refractivity contribution in [1.82, 2.24) is 0 Å². The molecule has 15 heavy (non-hydrogen) atoms. The Kier molecular flexibility index (Phi) is 3.48. The van der Waals surface area contributed by atoms with E-state index in [2.05, 4.69) is 16.9 Å². The molecule has 0 saturated heterocycles. The molecule has 0 saturated carbocycles. The Balaban J connectivity index is 2.84. The number of hydrazone groups is 1. The van der Waals surface area contributed by atoms with Crippen molar-refractivity contribution in [2.24, 2.45) is 10.9 Å². The van der Waals surface area contributed by atoms with E-state index in [9.17, 15) is 5.11 Å². The number of nitrogens with zero attached hydrogens (tertiary/aromatic N) is 1. The monoisotopic (exact) mass is 202 g/mol. The topological polar surface area (TPSA) is 58.6 Å². The zero-order chi connectivity index (χ0) is 11.3. The molecule has 0 amide bonds. The van der Waals surface area contributed by atoms with Crippen molar-refractivity contribution < 1.29 is 5.11 Å². The molecular weight excluding hydrogens is 188 g/mol. The second-order valence-corrected chi connectivity index (χ2v) is 3.71. The number of hydrogen-bond donors (Lipinski definition) is 2. The van der Waals surface area contributed by atoms with Crippen LogP contribution in [-0.2, 0) is 0 Å². The summed E-state index contributed by atoms with van der Waals surface area (Å²) in [4.78, 5) is 0. The first kappa shape index (κ1) is 11.3. The van der Waals surface area contributed by atoms with Crippen molar-refractivity contribution in [1.29, 1.82) is 0 Å². The van der Waals surface area contributed by atoms with Crippen LogP contribution in [0.3, 0.4) is 0 Å². The van der Waals surface area contributed by atoms with Gasteiger partial charge in [-0.1, -0.05) is 24.0 Å². The maximum Gasteiger partial charge on any atom is 0.120 e. The molecule has 0 radical (unpaired) electrons. The average Bonchev–Trinajstić information content (AvgIpc) is 2.16. The largest absolute Gasteiger partial charge is 0.378 e. The second kappa shape index (κ2) is 4.63. The highest BCUT2D eigenvalue weighted by Gasteiger charge is 2.05. The highest BCUT2D eigenvalue weighted by molar-refractivity contribution is 5.79. The van der Waals surface area contributed by atoms with Crippen molar-refractivity contribution in [2.45, 2.75) is 19.4 Å². The predicted molar refractivity (Wildman–Crippen MR) is 61.4 cm³/mol. The second-order valence-electron chi connectivity index (χ2n) is 3.71. The Bertz CT molecular complexity index is 402. The summed E-state index contributed by atoms with van der Waals surface area (Å²) in [6, 6.07) is 7.45. The molecule has 3 nitrogen and oxygen atoms in total. The highest BCUT2D eigenvalue weighted by Crippen LogP contribution is 2.03. The van der Waals surface area contributed by atoms with Gasteiger partial charge in [0.15, 0.2) is 0 Å². The first-order valence-corrected chi connectivity index (χ1v) is 4.60. The van der Waals surface area contributed by atoms with Crippen LogP contribution in [-0.4, -0.2) is 16.9 Å². The molecule has 78 valence electrons. The molecule has 0 aliphatic carbocycles. The van der Waals surface area contributed by atoms with Gasteiger partial charge in [0.25, 0.3) is 0 Å². The van der Waals surface area contributed by atoms with Crippen molar-refractivity contribution in [3.05, 3.63) is 35.4 Å². The van der Waals surface area contributed by atoms with Gasteiger partial charge in [0.2, 0.25) is 0 Å². The number of aliphatic hydroxyl groups is 1. The average molecular weight is 202 g/mol. The Morgan fingerprint density at radius 3 is 2.40 bits per heavy atom. The summed E-state index contributed by atoms with van der Waals surface area (Å²) in [5.41, 5.74) is 0.815. The van der Waals surface area contributed by atoms with Gasteiger partial charge in [-0.15, -0.1) is 0 Å². The summed E-state index contributed by atoms with van der Waals surface area (Å²) in [5, 5.41) is 12.8. The first-order valence-electron chi connectivity index (χ1n) is 4.60. The number of nitrogens with two attached hydrogens (primary N) is 1. The van der Waals surface area contributed by atoms with Gasteiger partial charge in [0, 0.05) is 5.56 Å². The molecule has 0 aromatic heterocycles. The molecule has 0 bridgehead atoms. The normalized spacial score (nSPS) is 11.1. The molecule has 1 rings (SSSR count). The molecule has 3 heteroatoms. The van der Waals surface area contributed by atoms with Gasteiger partial charge >= 0.3 is 0 Å². The van der Waals surface area contributed by atoms with E-state index in [1.54, 1.807) is 20.1 Å². The van der Waals surface area contributed by atoms with Gasteiger partial charge in [-0.3, -0.25) is 0 Å². The predicted octanol–water partition coefficient (Wildman–Crippen LogP) is 1.10. The Morgan fingerprint density at radius 1 is 1.33 bits per heavy atom. The number of hydrogen-bond acceptors (Lipinski definition) is 3. The standard InChI is InChI=1S/C12H14N2O/c1-12(2,15)8-7-10-3-5-11(6-4-10)9-14-13/h3-6,9,15H,13H2,1-2H3. The third-order valence-corrected chi connectivity index (χ3v) is 1.65. The Hall–Kier alpha value is -1.79. The molecule has 1 aromatic carbocycles. The van der Waals surface area contributed by atoms with Crippen LogP contribution in [0.2, 0.25) is 0 Å². The Morgan fingerprint density at radius 2 is 1.93 bits per heavy atom. The van der Waals surface area contributed by atoms with Crippen molar-refractivity contribution in [2.75, 3.05) is 0 Å². The molecule has 0 aliphatic rings. The smallest absolute Gasteiger partial charge is 0.120 e. The van der Waals surface area contributed by atoms with Crippen LogP contribution < -0.4 is 5.84 Å². The Labute approximate surface area is 89.6 Å². The summed E-state index contributed by atoms with van der Waals surface area (Å²) in [6.07, 6.45) is 1.56. The fourth-order valence-electron chi connectivity index (χ4n) is 0.964. The van der Waals surface area contributed by atoms with Crippen LogP contribution in [0.15, 0.2) is 29.4 Å². The van der Waals surface area contributed by atoms with Crippen LogP contribution in [0.1, 0.15) is 25.0 Å². The maximum atomic E-state index is 9.41. The van der Waals surface area contributed by atoms with Gasteiger partial charge in [0.1, 0.15) is 5.60 Å². The molecule has 0 spiro atoms. The summed E-state index contributed by atoms with van der Waals surface area (Å²) in [7, 11) is 0. The van der Waals surface area contributed by atoms with E-state index in [0.717, 1.165) is 11.1 Å². The van der Waals surface area contributed by atoms with Crippen LogP contribution >= 0.6 is 0 Å². The quantitative estimate of drug-likeness (QED) is 0.310. The van der Waals surface area contributed by atoms with Crippen molar-refractivity contribution >= 4 is 6.21 Å². The molecule has 1 aromatic rings. The van der Waals surface area contributed by atoms with Gasteiger partial charge in [-0.2, -0.15) is 5.10 Å². The minimum absolute atomic E-state index is 0.853. The summed E-state index contributed by atoms with van der Waals surface area (Å²) >= 11 is 0. The van der Waals surface area contributed by atoms with Crippen LogP contribution in [0.4, 0.5) is 0 Å². The van der Waals surface area contributed by atoms with E-state index in [1.165, 1.54) is 0 Å². The zero-order valence-electron chi connectivity index (χ0n) is 8.86. The van der Waals surface area contributed by atoms with E-state index in [4.69, 9.17) is 5.84 Å². The lowest BCUT2D eigenvalue weighted by molar-refractivity contribution is 0.143. The molecule has 0 heterocycles. The third kappa shape index (κ3) is 4.30. The molecule has 0 fully saturated rings. The lowest BCUT2D eigenvalue weighted by Gasteiger charge is -2.05. The van der Waals surface area contributed by atoms with E-state index in [0.29, 0.717) is 0 Å². The minimum atomic E-state index is -0.961. The lowest BCUT2D eigenvalue weighted by atomic mass is 10.1. The van der Waals surface area contributed by atoms with E-state index in [-0.39, 0.29) is 0 Å². The molecule has 3 N–H and O–H groups in total. The van der Waals surface area contributed by atoms with Crippen molar-refractivity contribution in [3.8, 4) is 11.8 Å². The maximum absolute atomic E-state index is 9.41. The zero-order valence-corrected chi connectivity index (χ0v) is 8.86. The van der Waals surface area contributed by atoms with Gasteiger partial charge in [-0.25, -0.2) is 0 Å². The van der Waals surface area contributed by atoms with Gasteiger partial charge < -0.3 is 10.9 Å². The summed E-state index contributed by atoms with van der Waals surface area (Å²) in [6.45, 7) is 3.30. The highest BCUT2D eigenvalue weighted by atomic mass is 16.3. The molecule has 0 aliphatic heterocycles. The summed E-state index contributed by atoms with van der Waals surface area (Å²) in [5.74, 6) is 10.6. The molecule has 0 unspecified atom stereocenters. The summed E-state index contributed by atoms with van der Waals surface area (Å²) < 4.78 is 0. The third-order valence-electron chi connectivity index (χ3n) is 1.65. The van der Waals surface area contributed by atoms with Crippen LogP contribution in [0.5, 0.6) is 0 Å². The fourth-order valence-corrected chi connectivity index (χ4v) is 0.964. The molecule has 0 atom stereocenters. The lowest BCUT2D eigenvalue weighted by Crippen LogP contribution is -2.14. The van der Waals surface area contributed by atoms with Crippen LogP contribution in [0.25, 0.3) is 0 Å². The van der Waals surface area contributed by atoms with E-state index >= 15 is 0 Å². The van der Waals surface area contributed by atoms with Crippen molar-refractivity contribution in [3.63, 3.8) is 0 Å². The SMILES string of the molecule is CC(C)(O)C#Cc1ccc(C=NN)cc1. The van der Waals surface area contributed by atoms with E-state index < -0.39 is 5.60 Å². The minimum Gasteiger partial charge on any atom is -0.378 e. The number of rotatable bonds is 1. The fraction of sp³-hybridized carbons (Fsp3) is 0.250. The number of benzene rings is 1. The van der Waals surface area contributed by atoms with E-state index in [1.807, 2.05) is 24.3 Å². The van der Waals surface area contributed by atoms with Gasteiger partial charge in [0.05, 0.1) is 6.21 Å². The van der Waals surface area contributed by atoms with Gasteiger partial charge in [-0.05, 0) is 31.5 Å². The molecular formula is C12H14N2O.